The van der Waals surface area contributed by atoms with Crippen LogP contribution < -0.4 is 5.32 Å². The van der Waals surface area contributed by atoms with E-state index in [2.05, 4.69) is 10.3 Å². The first-order valence-corrected chi connectivity index (χ1v) is 7.71. The minimum Gasteiger partial charge on any atom is -0.451 e. The molecule has 2 aromatic carbocycles. The quantitative estimate of drug-likeness (QED) is 0.581. The van der Waals surface area contributed by atoms with E-state index in [-0.39, 0.29) is 17.5 Å². The summed E-state index contributed by atoms with van der Waals surface area (Å²) >= 11 is 0. The number of hydrogen-bond donors (Lipinski definition) is 1. The summed E-state index contributed by atoms with van der Waals surface area (Å²) in [6.45, 7) is 0. The molecule has 0 aliphatic rings. The Hall–Kier alpha value is -3.47. The Morgan fingerprint density at radius 3 is 2.64 bits per heavy atom. The first-order valence-electron chi connectivity index (χ1n) is 7.71. The number of nitrogens with zero attached hydrogens (tertiary/aromatic N) is 1. The molecule has 0 atom stereocenters. The second kappa shape index (κ2) is 6.20. The molecule has 4 rings (SSSR count). The molecular formula is C20H13FN2O2. The fraction of sp³-hybridized carbons (Fsp3) is 0. The first kappa shape index (κ1) is 15.1. The largest absolute Gasteiger partial charge is 0.451 e. The molecule has 4 nitrogen and oxygen atoms in total. The van der Waals surface area contributed by atoms with Gasteiger partial charge in [0.05, 0.1) is 11.2 Å². The van der Waals surface area contributed by atoms with Crippen LogP contribution in [0.5, 0.6) is 0 Å². The summed E-state index contributed by atoms with van der Waals surface area (Å²) in [6.07, 6.45) is 1.70. The zero-order chi connectivity index (χ0) is 17.2. The predicted octanol–water partition coefficient (Wildman–Crippen LogP) is 4.89. The summed E-state index contributed by atoms with van der Waals surface area (Å²) in [6, 6.07) is 18.4. The number of furan rings is 1. The van der Waals surface area contributed by atoms with E-state index in [1.54, 1.807) is 30.5 Å². The van der Waals surface area contributed by atoms with Crippen LogP contribution in [0.1, 0.15) is 10.6 Å². The van der Waals surface area contributed by atoms with Crippen molar-refractivity contribution in [2.24, 2.45) is 0 Å². The number of hydrogen-bond acceptors (Lipinski definition) is 3. The third-order valence-corrected chi connectivity index (χ3v) is 3.85. The molecule has 0 aliphatic carbocycles. The lowest BCUT2D eigenvalue weighted by Gasteiger charge is -2.06. The zero-order valence-electron chi connectivity index (χ0n) is 13.1. The van der Waals surface area contributed by atoms with Gasteiger partial charge in [0, 0.05) is 17.1 Å². The van der Waals surface area contributed by atoms with Crippen molar-refractivity contribution < 1.29 is 13.6 Å². The molecule has 2 heterocycles. The molecular weight excluding hydrogens is 319 g/mol. The second-order valence-corrected chi connectivity index (χ2v) is 5.50. The Labute approximate surface area is 142 Å². The number of anilines is 1. The maximum absolute atomic E-state index is 13.0. The number of carbonyl (C=O) groups is 1. The van der Waals surface area contributed by atoms with Gasteiger partial charge in [0.15, 0.2) is 5.76 Å². The molecule has 2 aromatic heterocycles. The summed E-state index contributed by atoms with van der Waals surface area (Å²) in [5, 5.41) is 3.69. The standard InChI is InChI=1S/C20H13FN2O2/c21-14-8-6-13(7-9-14)18-10-11-19(25-18)20(24)23-17-5-1-4-16-15(17)3-2-12-22-16/h1-12H,(H,23,24). The van der Waals surface area contributed by atoms with Gasteiger partial charge in [-0.1, -0.05) is 6.07 Å². The number of fused-ring (bicyclic) bond motifs is 1. The van der Waals surface area contributed by atoms with E-state index in [0.717, 1.165) is 10.9 Å². The Morgan fingerprint density at radius 2 is 1.80 bits per heavy atom. The van der Waals surface area contributed by atoms with Gasteiger partial charge in [0.2, 0.25) is 0 Å². The number of benzene rings is 2. The average molecular weight is 332 g/mol. The zero-order valence-corrected chi connectivity index (χ0v) is 13.1. The molecule has 0 fully saturated rings. The van der Waals surface area contributed by atoms with Gasteiger partial charge in [0.1, 0.15) is 11.6 Å². The van der Waals surface area contributed by atoms with Gasteiger partial charge >= 0.3 is 0 Å². The normalized spacial score (nSPS) is 10.8. The fourth-order valence-electron chi connectivity index (χ4n) is 2.63. The Kier molecular flexibility index (Phi) is 3.74. The van der Waals surface area contributed by atoms with E-state index in [9.17, 15) is 9.18 Å². The SMILES string of the molecule is O=C(Nc1cccc2ncccc12)c1ccc(-c2ccc(F)cc2)o1. The van der Waals surface area contributed by atoms with Gasteiger partial charge in [-0.2, -0.15) is 0 Å². The molecule has 1 N–H and O–H groups in total. The topological polar surface area (TPSA) is 55.1 Å². The summed E-state index contributed by atoms with van der Waals surface area (Å²) < 4.78 is 18.6. The molecule has 0 saturated carbocycles. The molecule has 1 amide bonds. The second-order valence-electron chi connectivity index (χ2n) is 5.50. The first-order chi connectivity index (χ1) is 12.2. The van der Waals surface area contributed by atoms with Crippen molar-refractivity contribution in [1.82, 2.24) is 4.98 Å². The van der Waals surface area contributed by atoms with Gasteiger partial charge < -0.3 is 9.73 Å². The Morgan fingerprint density at radius 1 is 0.960 bits per heavy atom. The van der Waals surface area contributed by atoms with Crippen LogP contribution in [-0.4, -0.2) is 10.9 Å². The molecule has 0 unspecified atom stereocenters. The number of amides is 1. The fourth-order valence-corrected chi connectivity index (χ4v) is 2.63. The molecule has 4 aromatic rings. The van der Waals surface area contributed by atoms with Gasteiger partial charge in [-0.25, -0.2) is 4.39 Å². The summed E-state index contributed by atoms with van der Waals surface area (Å²) in [5.41, 5.74) is 2.16. The van der Waals surface area contributed by atoms with Crippen molar-refractivity contribution in [1.29, 1.82) is 0 Å². The van der Waals surface area contributed by atoms with E-state index < -0.39 is 0 Å². The van der Waals surface area contributed by atoms with E-state index in [1.165, 1.54) is 12.1 Å². The highest BCUT2D eigenvalue weighted by atomic mass is 19.1. The van der Waals surface area contributed by atoms with Crippen molar-refractivity contribution in [3.63, 3.8) is 0 Å². The van der Waals surface area contributed by atoms with Crippen LogP contribution in [0.4, 0.5) is 10.1 Å². The number of carbonyl (C=O) groups excluding carboxylic acids is 1. The highest BCUT2D eigenvalue weighted by Gasteiger charge is 2.14. The van der Waals surface area contributed by atoms with E-state index >= 15 is 0 Å². The number of nitrogens with one attached hydrogen (secondary N) is 1. The molecule has 0 aliphatic heterocycles. The Bertz CT molecular complexity index is 1050. The van der Waals surface area contributed by atoms with Crippen molar-refractivity contribution >= 4 is 22.5 Å². The third-order valence-electron chi connectivity index (χ3n) is 3.85. The number of aromatic nitrogens is 1. The van der Waals surface area contributed by atoms with Crippen LogP contribution in [0.25, 0.3) is 22.2 Å². The highest BCUT2D eigenvalue weighted by molar-refractivity contribution is 6.07. The molecule has 5 heteroatoms. The molecule has 0 radical (unpaired) electrons. The predicted molar refractivity (Wildman–Crippen MR) is 93.8 cm³/mol. The number of halogens is 1. The van der Waals surface area contributed by atoms with Crippen molar-refractivity contribution in [2.45, 2.75) is 0 Å². The van der Waals surface area contributed by atoms with Crippen molar-refractivity contribution in [3.05, 3.63) is 84.5 Å². The minimum atomic E-state index is -0.357. The van der Waals surface area contributed by atoms with E-state index in [4.69, 9.17) is 4.42 Å². The number of rotatable bonds is 3. The van der Waals surface area contributed by atoms with Crippen LogP contribution in [0, 0.1) is 5.82 Å². The maximum Gasteiger partial charge on any atom is 0.291 e. The molecule has 0 bridgehead atoms. The van der Waals surface area contributed by atoms with Crippen molar-refractivity contribution in [2.75, 3.05) is 5.32 Å². The van der Waals surface area contributed by atoms with Crippen LogP contribution >= 0.6 is 0 Å². The van der Waals surface area contributed by atoms with E-state index in [1.807, 2.05) is 30.3 Å². The maximum atomic E-state index is 13.0. The average Bonchev–Trinajstić information content (AvgIpc) is 3.13. The molecule has 25 heavy (non-hydrogen) atoms. The minimum absolute atomic E-state index is 0.181. The number of pyridine rings is 1. The highest BCUT2D eigenvalue weighted by Crippen LogP contribution is 2.25. The van der Waals surface area contributed by atoms with E-state index in [0.29, 0.717) is 17.0 Å². The summed E-state index contributed by atoms with van der Waals surface area (Å²) in [7, 11) is 0. The smallest absolute Gasteiger partial charge is 0.291 e. The lowest BCUT2D eigenvalue weighted by Crippen LogP contribution is -2.11. The Balaban J connectivity index is 1.60. The van der Waals surface area contributed by atoms with Crippen LogP contribution in [-0.2, 0) is 0 Å². The molecule has 122 valence electrons. The summed E-state index contributed by atoms with van der Waals surface area (Å²) in [4.78, 5) is 16.7. The van der Waals surface area contributed by atoms with Gasteiger partial charge in [-0.3, -0.25) is 9.78 Å². The van der Waals surface area contributed by atoms with Gasteiger partial charge in [-0.05, 0) is 60.7 Å². The molecule has 0 spiro atoms. The monoisotopic (exact) mass is 332 g/mol. The van der Waals surface area contributed by atoms with Crippen LogP contribution in [0.15, 0.2) is 77.3 Å². The van der Waals surface area contributed by atoms with Crippen LogP contribution in [0.2, 0.25) is 0 Å². The van der Waals surface area contributed by atoms with Gasteiger partial charge in [-0.15, -0.1) is 0 Å². The lowest BCUT2D eigenvalue weighted by molar-refractivity contribution is 0.0997. The summed E-state index contributed by atoms with van der Waals surface area (Å²) in [5.74, 6) is 0.00695. The van der Waals surface area contributed by atoms with Crippen molar-refractivity contribution in [3.8, 4) is 11.3 Å². The van der Waals surface area contributed by atoms with Gasteiger partial charge in [0.25, 0.3) is 5.91 Å². The lowest BCUT2D eigenvalue weighted by atomic mass is 10.2. The third kappa shape index (κ3) is 2.99. The molecule has 0 saturated heterocycles. The van der Waals surface area contributed by atoms with Crippen LogP contribution in [0.3, 0.4) is 0 Å².